The maximum atomic E-state index is 5.53. The van der Waals surface area contributed by atoms with Gasteiger partial charge in [-0.25, -0.2) is 0 Å². The highest BCUT2D eigenvalue weighted by Crippen LogP contribution is 2.48. The van der Waals surface area contributed by atoms with Gasteiger partial charge in [-0.1, -0.05) is 13.8 Å². The Kier molecular flexibility index (Phi) is 1.92. The fourth-order valence-corrected chi connectivity index (χ4v) is 2.94. The van der Waals surface area contributed by atoms with Crippen LogP contribution in [0.25, 0.3) is 0 Å². The van der Waals surface area contributed by atoms with Crippen LogP contribution in [0, 0.1) is 23.7 Å². The van der Waals surface area contributed by atoms with E-state index in [0.717, 1.165) is 36.9 Å². The molecular weight excluding hydrogens is 136 g/mol. The molecule has 0 aromatic heterocycles. The molecule has 3 aliphatic rings. The SMILES string of the molecule is CC(C)C1C2CCOCC1C2. The fourth-order valence-electron chi connectivity index (χ4n) is 2.94. The van der Waals surface area contributed by atoms with Crippen molar-refractivity contribution in [3.8, 4) is 0 Å². The molecule has 0 amide bonds. The van der Waals surface area contributed by atoms with Crippen LogP contribution in [0.1, 0.15) is 26.7 Å². The van der Waals surface area contributed by atoms with E-state index in [9.17, 15) is 0 Å². The third-order valence-electron chi connectivity index (χ3n) is 3.43. The van der Waals surface area contributed by atoms with Crippen LogP contribution in [0.3, 0.4) is 0 Å². The zero-order valence-electron chi connectivity index (χ0n) is 7.55. The Bertz CT molecular complexity index is 126. The molecule has 3 rings (SSSR count). The first-order valence-electron chi connectivity index (χ1n) is 4.87. The minimum atomic E-state index is 0.875. The number of ether oxygens (including phenoxy) is 1. The van der Waals surface area contributed by atoms with Crippen molar-refractivity contribution < 1.29 is 4.74 Å². The lowest BCUT2D eigenvalue weighted by Gasteiger charge is -2.45. The van der Waals surface area contributed by atoms with Gasteiger partial charge >= 0.3 is 0 Å². The summed E-state index contributed by atoms with van der Waals surface area (Å²) >= 11 is 0. The third-order valence-corrected chi connectivity index (χ3v) is 3.43. The first kappa shape index (κ1) is 7.60. The zero-order chi connectivity index (χ0) is 7.84. The molecule has 3 unspecified atom stereocenters. The van der Waals surface area contributed by atoms with Crippen molar-refractivity contribution in [2.75, 3.05) is 13.2 Å². The van der Waals surface area contributed by atoms with Crippen molar-refractivity contribution in [3.05, 3.63) is 0 Å². The van der Waals surface area contributed by atoms with Crippen LogP contribution in [0.5, 0.6) is 0 Å². The molecule has 0 aromatic carbocycles. The highest BCUT2D eigenvalue weighted by Gasteiger charge is 2.43. The van der Waals surface area contributed by atoms with E-state index in [2.05, 4.69) is 13.8 Å². The highest BCUT2D eigenvalue weighted by molar-refractivity contribution is 4.92. The van der Waals surface area contributed by atoms with E-state index in [1.54, 1.807) is 0 Å². The first-order valence-corrected chi connectivity index (χ1v) is 4.87. The van der Waals surface area contributed by atoms with Crippen molar-refractivity contribution >= 4 is 0 Å². The van der Waals surface area contributed by atoms with E-state index in [0.29, 0.717) is 0 Å². The van der Waals surface area contributed by atoms with Gasteiger partial charge in [-0.15, -0.1) is 0 Å². The normalized spacial score (nSPS) is 43.4. The molecule has 2 saturated heterocycles. The number of fused-ring (bicyclic) bond motifs is 3. The van der Waals surface area contributed by atoms with Gasteiger partial charge in [0.2, 0.25) is 0 Å². The van der Waals surface area contributed by atoms with Gasteiger partial charge in [-0.3, -0.25) is 0 Å². The second-order valence-electron chi connectivity index (χ2n) is 4.44. The molecular formula is C10H18O. The van der Waals surface area contributed by atoms with Crippen LogP contribution >= 0.6 is 0 Å². The van der Waals surface area contributed by atoms with Crippen LogP contribution in [-0.2, 0) is 4.74 Å². The monoisotopic (exact) mass is 154 g/mol. The molecule has 0 N–H and O–H groups in total. The Balaban J connectivity index is 2.01. The summed E-state index contributed by atoms with van der Waals surface area (Å²) in [6.07, 6.45) is 2.77. The predicted molar refractivity (Wildman–Crippen MR) is 45.4 cm³/mol. The average molecular weight is 154 g/mol. The molecule has 0 aromatic rings. The first-order chi connectivity index (χ1) is 5.29. The van der Waals surface area contributed by atoms with Gasteiger partial charge in [0.05, 0.1) is 0 Å². The van der Waals surface area contributed by atoms with Crippen molar-refractivity contribution in [1.82, 2.24) is 0 Å². The molecule has 2 bridgehead atoms. The predicted octanol–water partition coefficient (Wildman–Crippen LogP) is 2.32. The Morgan fingerprint density at radius 3 is 2.82 bits per heavy atom. The third kappa shape index (κ3) is 1.20. The lowest BCUT2D eigenvalue weighted by molar-refractivity contribution is 0.0177. The van der Waals surface area contributed by atoms with Gasteiger partial charge in [0.25, 0.3) is 0 Å². The summed E-state index contributed by atoms with van der Waals surface area (Å²) in [5.74, 6) is 3.77. The maximum absolute atomic E-state index is 5.53. The summed E-state index contributed by atoms with van der Waals surface area (Å²) in [6, 6.07) is 0. The van der Waals surface area contributed by atoms with Gasteiger partial charge < -0.3 is 4.74 Å². The quantitative estimate of drug-likeness (QED) is 0.563. The molecule has 1 nitrogen and oxygen atoms in total. The molecule has 1 aliphatic carbocycles. The number of hydrogen-bond acceptors (Lipinski definition) is 1. The van der Waals surface area contributed by atoms with Gasteiger partial charge in [-0.2, -0.15) is 0 Å². The molecule has 3 atom stereocenters. The maximum Gasteiger partial charge on any atom is 0.0497 e. The Labute approximate surface area is 69.1 Å². The van der Waals surface area contributed by atoms with E-state index in [1.165, 1.54) is 12.8 Å². The molecule has 2 aliphatic heterocycles. The fraction of sp³-hybridized carbons (Fsp3) is 1.00. The van der Waals surface area contributed by atoms with Gasteiger partial charge in [0.15, 0.2) is 0 Å². The Morgan fingerprint density at radius 2 is 2.09 bits per heavy atom. The summed E-state index contributed by atoms with van der Waals surface area (Å²) in [4.78, 5) is 0. The van der Waals surface area contributed by atoms with Gasteiger partial charge in [0, 0.05) is 13.2 Å². The topological polar surface area (TPSA) is 9.23 Å². The van der Waals surface area contributed by atoms with E-state index >= 15 is 0 Å². The molecule has 1 heteroatoms. The van der Waals surface area contributed by atoms with Crippen LogP contribution in [0.2, 0.25) is 0 Å². The standard InChI is InChI=1S/C10H18O/c1-7(2)10-8-3-4-11-6-9(10)5-8/h7-10H,3-6H2,1-2H3. The molecule has 1 saturated carbocycles. The molecule has 3 fully saturated rings. The molecule has 0 spiro atoms. The van der Waals surface area contributed by atoms with E-state index in [-0.39, 0.29) is 0 Å². The number of hydrogen-bond donors (Lipinski definition) is 0. The number of rotatable bonds is 1. The second-order valence-corrected chi connectivity index (χ2v) is 4.44. The van der Waals surface area contributed by atoms with Crippen molar-refractivity contribution in [2.24, 2.45) is 23.7 Å². The molecule has 11 heavy (non-hydrogen) atoms. The van der Waals surface area contributed by atoms with Crippen LogP contribution in [0.4, 0.5) is 0 Å². The Morgan fingerprint density at radius 1 is 1.27 bits per heavy atom. The van der Waals surface area contributed by atoms with Crippen LogP contribution in [-0.4, -0.2) is 13.2 Å². The average Bonchev–Trinajstić information content (AvgIpc) is 2.15. The lowest BCUT2D eigenvalue weighted by Crippen LogP contribution is -2.40. The summed E-state index contributed by atoms with van der Waals surface area (Å²) in [6.45, 7) is 6.77. The summed E-state index contributed by atoms with van der Waals surface area (Å²) in [7, 11) is 0. The van der Waals surface area contributed by atoms with E-state index in [4.69, 9.17) is 4.74 Å². The highest BCUT2D eigenvalue weighted by atomic mass is 16.5. The molecule has 2 heterocycles. The summed E-state index contributed by atoms with van der Waals surface area (Å²) < 4.78 is 5.53. The largest absolute Gasteiger partial charge is 0.381 e. The van der Waals surface area contributed by atoms with E-state index < -0.39 is 0 Å². The lowest BCUT2D eigenvalue weighted by atomic mass is 9.60. The van der Waals surface area contributed by atoms with Crippen molar-refractivity contribution in [2.45, 2.75) is 26.7 Å². The second kappa shape index (κ2) is 2.78. The van der Waals surface area contributed by atoms with Crippen molar-refractivity contribution in [1.29, 1.82) is 0 Å². The smallest absolute Gasteiger partial charge is 0.0497 e. The van der Waals surface area contributed by atoms with Crippen LogP contribution < -0.4 is 0 Å². The summed E-state index contributed by atoms with van der Waals surface area (Å²) in [5, 5.41) is 0. The van der Waals surface area contributed by atoms with Gasteiger partial charge in [0.1, 0.15) is 0 Å². The van der Waals surface area contributed by atoms with Crippen molar-refractivity contribution in [3.63, 3.8) is 0 Å². The van der Waals surface area contributed by atoms with Crippen LogP contribution in [0.15, 0.2) is 0 Å². The zero-order valence-corrected chi connectivity index (χ0v) is 7.55. The van der Waals surface area contributed by atoms with Gasteiger partial charge in [-0.05, 0) is 36.5 Å². The minimum absolute atomic E-state index is 0.875. The minimum Gasteiger partial charge on any atom is -0.381 e. The summed E-state index contributed by atoms with van der Waals surface area (Å²) in [5.41, 5.74) is 0. The molecule has 64 valence electrons. The molecule has 0 radical (unpaired) electrons. The Hall–Kier alpha value is -0.0400. The van der Waals surface area contributed by atoms with E-state index in [1.807, 2.05) is 0 Å².